The van der Waals surface area contributed by atoms with Gasteiger partial charge in [0, 0.05) is 13.1 Å². The van der Waals surface area contributed by atoms with Crippen molar-refractivity contribution in [3.63, 3.8) is 0 Å². The normalized spacial score (nSPS) is 46.7. The van der Waals surface area contributed by atoms with E-state index in [0.717, 1.165) is 48.6 Å². The third-order valence-corrected chi connectivity index (χ3v) is 7.84. The molecule has 0 radical (unpaired) electrons. The highest BCUT2D eigenvalue weighted by Gasteiger charge is 2.50. The van der Waals surface area contributed by atoms with Crippen LogP contribution in [0.15, 0.2) is 0 Å². The van der Waals surface area contributed by atoms with E-state index in [2.05, 4.69) is 10.6 Å². The summed E-state index contributed by atoms with van der Waals surface area (Å²) < 4.78 is 0. The molecule has 0 aromatic heterocycles. The Bertz CT molecular complexity index is 449. The highest BCUT2D eigenvalue weighted by molar-refractivity contribution is 5.73. The quantitative estimate of drug-likeness (QED) is 0.765. The van der Waals surface area contributed by atoms with Crippen molar-refractivity contribution in [1.29, 1.82) is 0 Å². The molecular formula is C20H32N2O. The lowest BCUT2D eigenvalue weighted by molar-refractivity contribution is -0.0563. The van der Waals surface area contributed by atoms with Gasteiger partial charge in [-0.15, -0.1) is 0 Å². The molecule has 2 amide bonds. The summed E-state index contributed by atoms with van der Waals surface area (Å²) in [6, 6.07) is 0.0798. The number of amides is 2. The Balaban J connectivity index is 1.04. The van der Waals surface area contributed by atoms with Crippen molar-refractivity contribution in [2.45, 2.75) is 64.2 Å². The van der Waals surface area contributed by atoms with Crippen LogP contribution in [-0.4, -0.2) is 19.1 Å². The molecule has 128 valence electrons. The fourth-order valence-electron chi connectivity index (χ4n) is 6.93. The van der Waals surface area contributed by atoms with E-state index in [4.69, 9.17) is 0 Å². The Labute approximate surface area is 140 Å². The first-order valence-corrected chi connectivity index (χ1v) is 10.2. The summed E-state index contributed by atoms with van der Waals surface area (Å²) >= 11 is 0. The van der Waals surface area contributed by atoms with E-state index in [1.54, 1.807) is 0 Å². The van der Waals surface area contributed by atoms with Gasteiger partial charge in [0.2, 0.25) is 0 Å². The minimum atomic E-state index is 0.0798. The van der Waals surface area contributed by atoms with Crippen LogP contribution in [0.3, 0.4) is 0 Å². The molecule has 6 saturated carbocycles. The predicted octanol–water partition coefficient (Wildman–Crippen LogP) is 3.94. The molecule has 0 saturated heterocycles. The van der Waals surface area contributed by atoms with E-state index in [1.807, 2.05) is 0 Å². The summed E-state index contributed by atoms with van der Waals surface area (Å²) in [7, 11) is 0. The molecule has 6 aliphatic rings. The number of carbonyl (C=O) groups is 1. The molecule has 0 aromatic rings. The van der Waals surface area contributed by atoms with Gasteiger partial charge >= 0.3 is 6.03 Å². The van der Waals surface area contributed by atoms with Crippen LogP contribution >= 0.6 is 0 Å². The van der Waals surface area contributed by atoms with Crippen molar-refractivity contribution in [3.05, 3.63) is 0 Å². The minimum absolute atomic E-state index is 0.0798. The van der Waals surface area contributed by atoms with Gasteiger partial charge in [-0.1, -0.05) is 0 Å². The first kappa shape index (κ1) is 14.6. The summed E-state index contributed by atoms with van der Waals surface area (Å²) in [6.07, 6.45) is 14.4. The van der Waals surface area contributed by atoms with E-state index in [9.17, 15) is 4.79 Å². The van der Waals surface area contributed by atoms with Gasteiger partial charge in [-0.05, 0) is 105 Å². The summed E-state index contributed by atoms with van der Waals surface area (Å²) in [5.74, 6) is 5.80. The van der Waals surface area contributed by atoms with Gasteiger partial charge in [-0.2, -0.15) is 0 Å². The van der Waals surface area contributed by atoms with Gasteiger partial charge in [0.15, 0.2) is 0 Å². The molecule has 0 heterocycles. The zero-order valence-electron chi connectivity index (χ0n) is 14.4. The number of urea groups is 1. The maximum absolute atomic E-state index is 12.0. The van der Waals surface area contributed by atoms with E-state index >= 15 is 0 Å². The number of hydrogen-bond acceptors (Lipinski definition) is 1. The maximum Gasteiger partial charge on any atom is 0.314 e. The summed E-state index contributed by atoms with van der Waals surface area (Å²) in [5.41, 5.74) is 0.593. The zero-order chi connectivity index (χ0) is 15.4. The van der Waals surface area contributed by atoms with Crippen LogP contribution in [0.4, 0.5) is 4.79 Å². The van der Waals surface area contributed by atoms with Gasteiger partial charge in [0.05, 0.1) is 0 Å². The fraction of sp³-hybridized carbons (Fsp3) is 0.950. The second-order valence-electron chi connectivity index (χ2n) is 9.80. The zero-order valence-corrected chi connectivity index (χ0v) is 14.4. The summed E-state index contributed by atoms with van der Waals surface area (Å²) in [4.78, 5) is 12.0. The highest BCUT2D eigenvalue weighted by atomic mass is 16.2. The SMILES string of the molecule is O=C(NCCC12CC3CC(CC(C3)C1)C2)NC[C@@H]1C[C@H]1C1CC1. The van der Waals surface area contributed by atoms with Crippen molar-refractivity contribution >= 4 is 6.03 Å². The van der Waals surface area contributed by atoms with E-state index in [-0.39, 0.29) is 6.03 Å². The molecule has 2 atom stereocenters. The lowest BCUT2D eigenvalue weighted by atomic mass is 9.49. The van der Waals surface area contributed by atoms with Crippen LogP contribution in [0.2, 0.25) is 0 Å². The van der Waals surface area contributed by atoms with Gasteiger partial charge in [-0.3, -0.25) is 0 Å². The number of hydrogen-bond donors (Lipinski definition) is 2. The lowest BCUT2D eigenvalue weighted by Crippen LogP contribution is -2.47. The maximum atomic E-state index is 12.0. The molecule has 0 unspecified atom stereocenters. The van der Waals surface area contributed by atoms with Gasteiger partial charge < -0.3 is 10.6 Å². The minimum Gasteiger partial charge on any atom is -0.338 e. The first-order chi connectivity index (χ1) is 11.2. The van der Waals surface area contributed by atoms with Gasteiger partial charge in [0.1, 0.15) is 0 Å². The van der Waals surface area contributed by atoms with Gasteiger partial charge in [-0.25, -0.2) is 4.79 Å². The third kappa shape index (κ3) is 3.00. The second-order valence-corrected chi connectivity index (χ2v) is 9.80. The smallest absolute Gasteiger partial charge is 0.314 e. The monoisotopic (exact) mass is 316 g/mol. The first-order valence-electron chi connectivity index (χ1n) is 10.2. The number of rotatable bonds is 6. The van der Waals surface area contributed by atoms with Gasteiger partial charge in [0.25, 0.3) is 0 Å². The molecule has 0 aliphatic heterocycles. The van der Waals surface area contributed by atoms with Crippen LogP contribution in [-0.2, 0) is 0 Å². The fourth-order valence-corrected chi connectivity index (χ4v) is 6.93. The van der Waals surface area contributed by atoms with Crippen molar-refractivity contribution in [2.24, 2.45) is 40.9 Å². The second kappa shape index (κ2) is 5.39. The lowest BCUT2D eigenvalue weighted by Gasteiger charge is -2.57. The van der Waals surface area contributed by atoms with E-state index < -0.39 is 0 Å². The molecular weight excluding hydrogens is 284 g/mol. The highest BCUT2D eigenvalue weighted by Crippen LogP contribution is 2.61. The third-order valence-electron chi connectivity index (χ3n) is 7.84. The molecule has 6 rings (SSSR count). The van der Waals surface area contributed by atoms with Crippen LogP contribution in [0, 0.1) is 40.9 Å². The van der Waals surface area contributed by atoms with E-state index in [1.165, 1.54) is 64.2 Å². The Morgan fingerprint density at radius 2 is 1.57 bits per heavy atom. The molecule has 23 heavy (non-hydrogen) atoms. The molecule has 0 aromatic carbocycles. The number of carbonyl (C=O) groups excluding carboxylic acids is 1. The topological polar surface area (TPSA) is 41.1 Å². The van der Waals surface area contributed by atoms with Crippen molar-refractivity contribution in [1.82, 2.24) is 10.6 Å². The molecule has 6 aliphatic carbocycles. The van der Waals surface area contributed by atoms with Crippen LogP contribution < -0.4 is 10.6 Å². The Morgan fingerprint density at radius 3 is 2.17 bits per heavy atom. The molecule has 2 N–H and O–H groups in total. The molecule has 4 bridgehead atoms. The average molecular weight is 316 g/mol. The van der Waals surface area contributed by atoms with Crippen LogP contribution in [0.25, 0.3) is 0 Å². The van der Waals surface area contributed by atoms with Crippen molar-refractivity contribution < 1.29 is 4.79 Å². The standard InChI is InChI=1S/C20H32N2O/c23-19(22-12-17-8-18(17)16-1-2-16)21-4-3-20-9-13-5-14(10-20)7-15(6-13)11-20/h13-18H,1-12H2,(H2,21,22,23)/t13?,14?,15?,17-,18-,20?/m0/s1. The average Bonchev–Trinajstić information content (AvgIpc) is 3.36. The summed E-state index contributed by atoms with van der Waals surface area (Å²) in [6.45, 7) is 1.79. The number of nitrogens with one attached hydrogen (secondary N) is 2. The molecule has 3 nitrogen and oxygen atoms in total. The predicted molar refractivity (Wildman–Crippen MR) is 90.9 cm³/mol. The Hall–Kier alpha value is -0.730. The van der Waals surface area contributed by atoms with Crippen molar-refractivity contribution in [3.8, 4) is 0 Å². The Kier molecular flexibility index (Phi) is 3.42. The van der Waals surface area contributed by atoms with E-state index in [0.29, 0.717) is 5.41 Å². The molecule has 0 spiro atoms. The molecule has 3 heteroatoms. The molecule has 6 fully saturated rings. The van der Waals surface area contributed by atoms with Crippen molar-refractivity contribution in [2.75, 3.05) is 13.1 Å². The summed E-state index contributed by atoms with van der Waals surface area (Å²) in [5, 5.41) is 6.27. The van der Waals surface area contributed by atoms with Crippen LogP contribution in [0.1, 0.15) is 64.2 Å². The Morgan fingerprint density at radius 1 is 0.913 bits per heavy atom. The van der Waals surface area contributed by atoms with Crippen LogP contribution in [0.5, 0.6) is 0 Å². The largest absolute Gasteiger partial charge is 0.338 e.